The van der Waals surface area contributed by atoms with Crippen LogP contribution in [0.25, 0.3) is 0 Å². The van der Waals surface area contributed by atoms with Gasteiger partial charge in [-0.1, -0.05) is 0 Å². The van der Waals surface area contributed by atoms with Crippen molar-refractivity contribution in [1.82, 2.24) is 4.90 Å². The second kappa shape index (κ2) is 5.61. The summed E-state index contributed by atoms with van der Waals surface area (Å²) in [4.78, 5) is 14.1. The first-order valence-corrected chi connectivity index (χ1v) is 7.04. The number of carbonyl (C=O) groups excluding carboxylic acids is 1. The molecular formula is C15H18FNO4. The van der Waals surface area contributed by atoms with Crippen LogP contribution in [0.5, 0.6) is 5.75 Å². The highest BCUT2D eigenvalue weighted by molar-refractivity contribution is 5.94. The zero-order valence-electron chi connectivity index (χ0n) is 11.9. The first kappa shape index (κ1) is 14.3. The summed E-state index contributed by atoms with van der Waals surface area (Å²) in [5.41, 5.74) is 0.0471. The lowest BCUT2D eigenvalue weighted by Crippen LogP contribution is -2.51. The molecule has 1 aromatic rings. The maximum Gasteiger partial charge on any atom is 0.257 e. The van der Waals surface area contributed by atoms with Crippen LogP contribution in [0.1, 0.15) is 23.2 Å². The number of ether oxygens (including phenoxy) is 3. The minimum atomic E-state index is -0.698. The standard InChI is InChI=1S/C15H18FNO4/c1-19-11-3-4-12(13(16)9-11)14(18)17-6-2-5-15(10-17)20-7-8-21-15/h3-4,9H,2,5-8,10H2,1H3. The fraction of sp³-hybridized carbons (Fsp3) is 0.533. The molecule has 1 spiro atoms. The van der Waals surface area contributed by atoms with Gasteiger partial charge in [0.05, 0.1) is 32.4 Å². The second-order valence-electron chi connectivity index (χ2n) is 5.28. The highest BCUT2D eigenvalue weighted by atomic mass is 19.1. The van der Waals surface area contributed by atoms with Gasteiger partial charge in [-0.2, -0.15) is 0 Å². The fourth-order valence-electron chi connectivity index (χ4n) is 2.86. The van der Waals surface area contributed by atoms with Gasteiger partial charge < -0.3 is 19.1 Å². The van der Waals surface area contributed by atoms with Gasteiger partial charge >= 0.3 is 0 Å². The summed E-state index contributed by atoms with van der Waals surface area (Å²) in [6, 6.07) is 4.25. The molecule has 2 aliphatic rings. The fourth-order valence-corrected chi connectivity index (χ4v) is 2.86. The van der Waals surface area contributed by atoms with Crippen molar-refractivity contribution in [3.8, 4) is 5.75 Å². The summed E-state index contributed by atoms with van der Waals surface area (Å²) in [7, 11) is 1.46. The first-order chi connectivity index (χ1) is 10.1. The van der Waals surface area contributed by atoms with Crippen molar-refractivity contribution in [2.75, 3.05) is 33.4 Å². The Morgan fingerprint density at radius 1 is 1.38 bits per heavy atom. The van der Waals surface area contributed by atoms with Crippen LogP contribution in [0.2, 0.25) is 0 Å². The molecule has 0 aromatic heterocycles. The molecule has 2 saturated heterocycles. The number of nitrogens with zero attached hydrogens (tertiary/aromatic N) is 1. The number of hydrogen-bond donors (Lipinski definition) is 0. The van der Waals surface area contributed by atoms with Crippen LogP contribution >= 0.6 is 0 Å². The van der Waals surface area contributed by atoms with Crippen LogP contribution in [0.15, 0.2) is 18.2 Å². The average Bonchev–Trinajstić information content (AvgIpc) is 2.94. The largest absolute Gasteiger partial charge is 0.497 e. The first-order valence-electron chi connectivity index (χ1n) is 7.04. The summed E-state index contributed by atoms with van der Waals surface area (Å²) < 4.78 is 30.2. The molecule has 21 heavy (non-hydrogen) atoms. The Morgan fingerprint density at radius 2 is 2.14 bits per heavy atom. The number of halogens is 1. The van der Waals surface area contributed by atoms with Crippen LogP contribution in [0.4, 0.5) is 4.39 Å². The van der Waals surface area contributed by atoms with Crippen LogP contribution in [-0.4, -0.2) is 50.0 Å². The Balaban J connectivity index is 1.78. The summed E-state index contributed by atoms with van der Waals surface area (Å²) in [6.45, 7) is 2.01. The molecule has 0 atom stereocenters. The van der Waals surface area contributed by atoms with Gasteiger partial charge in [0.2, 0.25) is 0 Å². The molecule has 0 unspecified atom stereocenters. The van der Waals surface area contributed by atoms with Gasteiger partial charge in [-0.05, 0) is 18.6 Å². The van der Waals surface area contributed by atoms with Gasteiger partial charge in [-0.3, -0.25) is 4.79 Å². The summed E-state index contributed by atoms with van der Waals surface area (Å²) in [5.74, 6) is -1.22. The number of benzene rings is 1. The second-order valence-corrected chi connectivity index (χ2v) is 5.28. The Hall–Kier alpha value is -1.66. The van der Waals surface area contributed by atoms with Crippen molar-refractivity contribution < 1.29 is 23.4 Å². The number of rotatable bonds is 2. The molecule has 6 heteroatoms. The summed E-state index contributed by atoms with van der Waals surface area (Å²) >= 11 is 0. The molecule has 3 rings (SSSR count). The molecule has 0 radical (unpaired) electrons. The molecule has 2 fully saturated rings. The van der Waals surface area contributed by atoms with Crippen LogP contribution < -0.4 is 4.74 Å². The number of amides is 1. The molecule has 1 aromatic carbocycles. The third kappa shape index (κ3) is 2.73. The van der Waals surface area contributed by atoms with Gasteiger partial charge in [-0.25, -0.2) is 4.39 Å². The van der Waals surface area contributed by atoms with Gasteiger partial charge in [0, 0.05) is 19.0 Å². The number of piperidine rings is 1. The molecule has 0 N–H and O–H groups in total. The van der Waals surface area contributed by atoms with E-state index in [-0.39, 0.29) is 11.5 Å². The Bertz CT molecular complexity index is 542. The molecule has 1 amide bonds. The van der Waals surface area contributed by atoms with Crippen molar-refractivity contribution >= 4 is 5.91 Å². The van der Waals surface area contributed by atoms with E-state index in [4.69, 9.17) is 14.2 Å². The van der Waals surface area contributed by atoms with Crippen LogP contribution in [0, 0.1) is 5.82 Å². The predicted molar refractivity (Wildman–Crippen MR) is 72.7 cm³/mol. The lowest BCUT2D eigenvalue weighted by atomic mass is 10.0. The Labute approximate surface area is 122 Å². The molecule has 0 aliphatic carbocycles. The van der Waals surface area contributed by atoms with E-state index in [9.17, 15) is 9.18 Å². The van der Waals surface area contributed by atoms with E-state index >= 15 is 0 Å². The van der Waals surface area contributed by atoms with Crippen LogP contribution in [0.3, 0.4) is 0 Å². The maximum atomic E-state index is 14.0. The van der Waals surface area contributed by atoms with Crippen molar-refractivity contribution in [2.45, 2.75) is 18.6 Å². The zero-order chi connectivity index (χ0) is 14.9. The monoisotopic (exact) mass is 295 g/mol. The summed E-state index contributed by atoms with van der Waals surface area (Å²) in [6.07, 6.45) is 1.55. The van der Waals surface area contributed by atoms with Crippen molar-refractivity contribution in [1.29, 1.82) is 0 Å². The molecule has 2 aliphatic heterocycles. The van der Waals surface area contributed by atoms with Crippen LogP contribution in [-0.2, 0) is 9.47 Å². The Kier molecular flexibility index (Phi) is 3.82. The van der Waals surface area contributed by atoms with Gasteiger partial charge in [0.1, 0.15) is 11.6 Å². The molecular weight excluding hydrogens is 277 g/mol. The lowest BCUT2D eigenvalue weighted by molar-refractivity contribution is -0.183. The number of hydrogen-bond acceptors (Lipinski definition) is 4. The van der Waals surface area contributed by atoms with E-state index < -0.39 is 11.6 Å². The van der Waals surface area contributed by atoms with Gasteiger partial charge in [-0.15, -0.1) is 0 Å². The molecule has 0 saturated carbocycles. The number of methoxy groups -OCH3 is 1. The molecule has 5 nitrogen and oxygen atoms in total. The van der Waals surface area contributed by atoms with Gasteiger partial charge in [0.15, 0.2) is 5.79 Å². The lowest BCUT2D eigenvalue weighted by Gasteiger charge is -2.38. The third-order valence-corrected chi connectivity index (χ3v) is 3.92. The van der Waals surface area contributed by atoms with E-state index in [0.29, 0.717) is 32.1 Å². The zero-order valence-corrected chi connectivity index (χ0v) is 11.9. The molecule has 2 heterocycles. The quantitative estimate of drug-likeness (QED) is 0.835. The highest BCUT2D eigenvalue weighted by Crippen LogP contribution is 2.31. The highest BCUT2D eigenvalue weighted by Gasteiger charge is 2.42. The average molecular weight is 295 g/mol. The van der Waals surface area contributed by atoms with Crippen molar-refractivity contribution in [2.24, 2.45) is 0 Å². The van der Waals surface area contributed by atoms with E-state index in [1.165, 1.54) is 19.2 Å². The number of likely N-dealkylation sites (tertiary alicyclic amines) is 1. The molecule has 0 bridgehead atoms. The Morgan fingerprint density at radius 3 is 2.81 bits per heavy atom. The topological polar surface area (TPSA) is 48.0 Å². The number of carbonyl (C=O) groups is 1. The SMILES string of the molecule is COc1ccc(C(=O)N2CCCC3(C2)OCCO3)c(F)c1. The third-order valence-electron chi connectivity index (χ3n) is 3.92. The van der Waals surface area contributed by atoms with E-state index in [0.717, 1.165) is 12.8 Å². The normalized spacial score (nSPS) is 20.8. The van der Waals surface area contributed by atoms with E-state index in [1.54, 1.807) is 11.0 Å². The minimum Gasteiger partial charge on any atom is -0.497 e. The summed E-state index contributed by atoms with van der Waals surface area (Å²) in [5, 5.41) is 0. The van der Waals surface area contributed by atoms with Crippen molar-refractivity contribution in [3.05, 3.63) is 29.6 Å². The minimum absolute atomic E-state index is 0.0471. The predicted octanol–water partition coefficient (Wildman–Crippen LogP) is 1.81. The molecule has 114 valence electrons. The van der Waals surface area contributed by atoms with Gasteiger partial charge in [0.25, 0.3) is 5.91 Å². The van der Waals surface area contributed by atoms with E-state index in [2.05, 4.69) is 0 Å². The maximum absolute atomic E-state index is 14.0. The van der Waals surface area contributed by atoms with Crippen molar-refractivity contribution in [3.63, 3.8) is 0 Å². The smallest absolute Gasteiger partial charge is 0.257 e. The van der Waals surface area contributed by atoms with E-state index in [1.807, 2.05) is 0 Å².